The Morgan fingerprint density at radius 3 is 1.74 bits per heavy atom. The number of allylic oxidation sites excluding steroid dienone is 4. The van der Waals surface area contributed by atoms with Gasteiger partial charge < -0.3 is 5.11 Å². The third-order valence-corrected chi connectivity index (χ3v) is 3.47. The third kappa shape index (κ3) is 15.5. The van der Waals surface area contributed by atoms with Crippen LogP contribution in [-0.4, -0.2) is 8.92 Å². The first-order valence-electron chi connectivity index (χ1n) is 8.53. The smallest absolute Gasteiger partial charge is 0.147 e. The van der Waals surface area contributed by atoms with Gasteiger partial charge in [0.1, 0.15) is 5.75 Å². The van der Waals surface area contributed by atoms with Gasteiger partial charge in [0, 0.05) is 5.02 Å². The summed E-state index contributed by atoms with van der Waals surface area (Å²) in [5.74, 6) is 0.229. The molecule has 0 aliphatic heterocycles. The number of halogens is 3. The maximum Gasteiger partial charge on any atom is -0.147 e. The summed E-state index contributed by atoms with van der Waals surface area (Å²) in [6.45, 7) is 17.1. The Balaban J connectivity index is -0.000000343. The van der Waals surface area contributed by atoms with Gasteiger partial charge in [0.25, 0.3) is 0 Å². The Labute approximate surface area is 195 Å². The summed E-state index contributed by atoms with van der Waals surface area (Å²) >= 11 is 7.88. The van der Waals surface area contributed by atoms with Crippen molar-refractivity contribution in [1.29, 1.82) is 0 Å². The normalized spacial score (nSPS) is 12.3. The molecule has 1 aliphatic carbocycles. The summed E-state index contributed by atoms with van der Waals surface area (Å²) < 4.78 is 1.42. The van der Waals surface area contributed by atoms with Crippen molar-refractivity contribution < 1.29 is 25.1 Å². The minimum atomic E-state index is 0. The number of aromatic hydroxyl groups is 1. The number of phenols is 1. The fraction of sp³-hybridized carbons (Fsp3) is 0.500. The van der Waals surface area contributed by atoms with E-state index in [1.807, 2.05) is 6.07 Å². The van der Waals surface area contributed by atoms with Crippen molar-refractivity contribution >= 4 is 40.2 Å². The van der Waals surface area contributed by atoms with Crippen LogP contribution in [0, 0.1) is 11.5 Å². The first-order chi connectivity index (χ1) is 11.2. The Morgan fingerprint density at radius 2 is 1.48 bits per heavy atom. The van der Waals surface area contributed by atoms with E-state index in [1.54, 1.807) is 6.07 Å². The van der Waals surface area contributed by atoms with Crippen LogP contribution in [0.25, 0.3) is 0 Å². The van der Waals surface area contributed by atoms with Crippen molar-refractivity contribution in [2.75, 3.05) is 0 Å². The van der Waals surface area contributed by atoms with Gasteiger partial charge in [-0.2, -0.15) is 6.08 Å². The quantitative estimate of drug-likeness (QED) is 0.306. The minimum Gasteiger partial charge on any atom is -0.147 e. The molecule has 5 heteroatoms. The molecule has 0 atom stereocenters. The van der Waals surface area contributed by atoms with E-state index in [2.05, 4.69) is 93.6 Å². The molecule has 0 spiro atoms. The minimum absolute atomic E-state index is 0. The van der Waals surface area contributed by atoms with Crippen LogP contribution < -0.4 is 0 Å². The van der Waals surface area contributed by atoms with Gasteiger partial charge in [-0.25, -0.2) is 11.6 Å². The molecule has 0 radical (unpaired) electrons. The second kappa shape index (κ2) is 14.0. The molecule has 27 heavy (non-hydrogen) atoms. The summed E-state index contributed by atoms with van der Waals surface area (Å²) in [7, 11) is 0. The molecule has 0 aromatic heterocycles. The average Bonchev–Trinajstić information content (AvgIpc) is 2.89. The Kier molecular flexibility index (Phi) is 16.4. The SMILES string of the molecule is CC(C)(C)C1=[C-]CC=C1.CC(C)(C)c1cc(O)cc(Cl)c1.C[C](C)=[Ti+].Cl.Cl. The molecular weight excluding hydrogens is 434 g/mol. The number of phenolic OH excluding ortho intramolecular Hbond substituents is 1. The predicted octanol–water partition coefficient (Wildman–Crippen LogP) is 7.65. The second-order valence-corrected chi connectivity index (χ2v) is 10.4. The zero-order valence-corrected chi connectivity index (χ0v) is 21.7. The van der Waals surface area contributed by atoms with Gasteiger partial charge in [-0.3, -0.25) is 6.08 Å². The fourth-order valence-corrected chi connectivity index (χ4v) is 2.16. The van der Waals surface area contributed by atoms with Gasteiger partial charge in [0.05, 0.1) is 0 Å². The van der Waals surface area contributed by atoms with Crippen LogP contribution in [0.1, 0.15) is 67.4 Å². The standard InChI is InChI=1S/C10H13ClO.C9H13.C3H6.2ClH.Ti/c1-10(2,3)7-4-8(11)6-9(12)5-7;1-9(2,3)8-6-4-5-7-8;1-3-2;;;/h4-6,12H,1-3H3;4,6H,5H2,1-3H3;1-2H3;2*1H;/q;-1;;;;+1. The van der Waals surface area contributed by atoms with Gasteiger partial charge in [0.15, 0.2) is 0 Å². The van der Waals surface area contributed by atoms with Gasteiger partial charge in [0.2, 0.25) is 0 Å². The maximum absolute atomic E-state index is 9.27. The molecule has 0 bridgehead atoms. The van der Waals surface area contributed by atoms with Crippen molar-refractivity contribution in [3.05, 3.63) is 52.6 Å². The Morgan fingerprint density at radius 1 is 1.00 bits per heavy atom. The van der Waals surface area contributed by atoms with Gasteiger partial charge in [-0.1, -0.05) is 53.1 Å². The number of hydrogen-bond donors (Lipinski definition) is 1. The van der Waals surface area contributed by atoms with Crippen LogP contribution in [0.3, 0.4) is 0 Å². The van der Waals surface area contributed by atoms with Crippen molar-refractivity contribution in [2.24, 2.45) is 5.41 Å². The molecule has 153 valence electrons. The van der Waals surface area contributed by atoms with Crippen LogP contribution in [0.2, 0.25) is 5.02 Å². The fourth-order valence-electron chi connectivity index (χ4n) is 1.93. The molecule has 1 aromatic carbocycles. The van der Waals surface area contributed by atoms with Gasteiger partial charge >= 0.3 is 37.6 Å². The summed E-state index contributed by atoms with van der Waals surface area (Å²) in [5, 5.41) is 9.86. The summed E-state index contributed by atoms with van der Waals surface area (Å²) in [5.41, 5.74) is 2.73. The Hall–Kier alpha value is -0.0457. The van der Waals surface area contributed by atoms with Crippen molar-refractivity contribution in [3.8, 4) is 5.75 Å². The first-order valence-corrected chi connectivity index (χ1v) is 9.69. The van der Waals surface area contributed by atoms with E-state index in [0.29, 0.717) is 10.4 Å². The summed E-state index contributed by atoms with van der Waals surface area (Å²) in [4.78, 5) is 0. The van der Waals surface area contributed by atoms with E-state index in [1.165, 1.54) is 15.5 Å². The molecule has 0 saturated carbocycles. The molecular formula is C22H34Cl3OTi. The van der Waals surface area contributed by atoms with Crippen LogP contribution in [0.5, 0.6) is 5.75 Å². The molecule has 0 unspecified atom stereocenters. The summed E-state index contributed by atoms with van der Waals surface area (Å²) in [6, 6.07) is 5.16. The van der Waals surface area contributed by atoms with Crippen LogP contribution in [-0.2, 0) is 25.4 Å². The van der Waals surface area contributed by atoms with Crippen molar-refractivity contribution in [2.45, 2.75) is 67.2 Å². The predicted molar refractivity (Wildman–Crippen MR) is 123 cm³/mol. The molecule has 1 N–H and O–H groups in total. The number of hydrogen-bond acceptors (Lipinski definition) is 1. The maximum atomic E-state index is 9.27. The molecule has 0 fully saturated rings. The largest absolute Gasteiger partial charge is 0.147 e. The van der Waals surface area contributed by atoms with Crippen molar-refractivity contribution in [3.63, 3.8) is 0 Å². The zero-order chi connectivity index (χ0) is 19.8. The van der Waals surface area contributed by atoms with E-state index < -0.39 is 0 Å². The molecule has 1 aliphatic rings. The average molecular weight is 469 g/mol. The molecule has 0 heterocycles. The van der Waals surface area contributed by atoms with Crippen molar-refractivity contribution in [1.82, 2.24) is 0 Å². The monoisotopic (exact) mass is 467 g/mol. The topological polar surface area (TPSA) is 20.2 Å². The van der Waals surface area contributed by atoms with Crippen LogP contribution in [0.15, 0.2) is 35.9 Å². The van der Waals surface area contributed by atoms with Gasteiger partial charge in [-0.05, 0) is 34.6 Å². The van der Waals surface area contributed by atoms with E-state index in [-0.39, 0.29) is 36.0 Å². The number of benzene rings is 1. The van der Waals surface area contributed by atoms with Crippen LogP contribution in [0.4, 0.5) is 0 Å². The van der Waals surface area contributed by atoms with E-state index in [9.17, 15) is 5.11 Å². The second-order valence-electron chi connectivity index (χ2n) is 8.40. The first kappa shape index (κ1) is 31.6. The number of rotatable bonds is 0. The third-order valence-electron chi connectivity index (χ3n) is 3.25. The zero-order valence-electron chi connectivity index (χ0n) is 17.7. The van der Waals surface area contributed by atoms with E-state index in [4.69, 9.17) is 11.6 Å². The van der Waals surface area contributed by atoms with Gasteiger partial charge in [-0.15, -0.1) is 31.2 Å². The Bertz CT molecular complexity index is 612. The van der Waals surface area contributed by atoms with Crippen LogP contribution >= 0.6 is 36.4 Å². The molecule has 0 amide bonds. The molecule has 0 saturated heterocycles. The summed E-state index contributed by atoms with van der Waals surface area (Å²) in [6.07, 6.45) is 8.63. The molecule has 2 rings (SSSR count). The van der Waals surface area contributed by atoms with E-state index in [0.717, 1.165) is 12.0 Å². The van der Waals surface area contributed by atoms with E-state index >= 15 is 0 Å². The molecule has 1 nitrogen and oxygen atoms in total. The molecule has 1 aromatic rings.